The summed E-state index contributed by atoms with van der Waals surface area (Å²) in [5, 5.41) is 11.1. The molecule has 3 rings (SSSR count). The van der Waals surface area contributed by atoms with E-state index in [1.807, 2.05) is 6.92 Å². The van der Waals surface area contributed by atoms with Gasteiger partial charge >= 0.3 is 0 Å². The molecule has 0 bridgehead atoms. The molecule has 0 amide bonds. The second-order valence-electron chi connectivity index (χ2n) is 6.11. The molecule has 2 heteroatoms. The first-order valence-corrected chi connectivity index (χ1v) is 9.44. The van der Waals surface area contributed by atoms with Gasteiger partial charge in [0.15, 0.2) is 0 Å². The summed E-state index contributed by atoms with van der Waals surface area (Å²) in [6, 6.07) is 29.9. The average Bonchev–Trinajstić information content (AvgIpc) is 2.62. The van der Waals surface area contributed by atoms with E-state index in [2.05, 4.69) is 84.9 Å². The average molecular weight is 331 g/mol. The topological polar surface area (TPSA) is 20.2 Å². The van der Waals surface area contributed by atoms with E-state index in [9.17, 15) is 5.11 Å². The van der Waals surface area contributed by atoms with Crippen LogP contribution >= 0.6 is 0 Å². The third-order valence-corrected chi connectivity index (χ3v) is 5.85. The van der Waals surface area contributed by atoms with Gasteiger partial charge in [-0.05, 0) is 30.0 Å². The van der Waals surface area contributed by atoms with E-state index in [4.69, 9.17) is 0 Å². The molecule has 1 nitrogen and oxygen atoms in total. The summed E-state index contributed by atoms with van der Waals surface area (Å²) in [5.41, 5.74) is 4.29. The van der Waals surface area contributed by atoms with Crippen molar-refractivity contribution < 1.29 is 5.11 Å². The number of hydrogen-bond donors (Lipinski definition) is 1. The molecule has 1 unspecified atom stereocenters. The van der Waals surface area contributed by atoms with Gasteiger partial charge in [-0.15, -0.1) is 0 Å². The molecule has 0 spiro atoms. The van der Waals surface area contributed by atoms with E-state index in [0.717, 1.165) is 0 Å². The van der Waals surface area contributed by atoms with Crippen molar-refractivity contribution in [3.8, 4) is 0 Å². The molecule has 0 saturated carbocycles. The van der Waals surface area contributed by atoms with Gasteiger partial charge in [0, 0.05) is 5.54 Å². The van der Waals surface area contributed by atoms with Crippen molar-refractivity contribution in [2.45, 2.75) is 25.0 Å². The van der Waals surface area contributed by atoms with Gasteiger partial charge < -0.3 is 5.11 Å². The van der Waals surface area contributed by atoms with E-state index >= 15 is 0 Å². The molecule has 120 valence electrons. The van der Waals surface area contributed by atoms with Crippen LogP contribution in [0.1, 0.15) is 29.2 Å². The minimum atomic E-state index is -0.317. The molecule has 3 aromatic rings. The Morgan fingerprint density at radius 3 is 1.79 bits per heavy atom. The molecule has 2 radical (unpaired) electrons. The summed E-state index contributed by atoms with van der Waals surface area (Å²) in [6.07, 6.45) is 0.391. The summed E-state index contributed by atoms with van der Waals surface area (Å²) in [4.78, 5) is 0. The van der Waals surface area contributed by atoms with Gasteiger partial charge in [0.2, 0.25) is 0 Å². The van der Waals surface area contributed by atoms with Crippen molar-refractivity contribution in [2.24, 2.45) is 0 Å². The Morgan fingerprint density at radius 2 is 1.25 bits per heavy atom. The summed E-state index contributed by atoms with van der Waals surface area (Å²) >= 11 is 0. The van der Waals surface area contributed by atoms with E-state index in [-0.39, 0.29) is 6.10 Å². The standard InChI is InChI=1S/C22H22OSi/c1-17(23)16-20-14-8-9-15-21(20)24-22(18-10-4-2-5-11-18)19-12-6-3-7-13-19/h2-15,17,22-23H,16H2,1H3. The summed E-state index contributed by atoms with van der Waals surface area (Å²) < 4.78 is 0. The Hall–Kier alpha value is -2.16. The predicted octanol–water partition coefficient (Wildman–Crippen LogP) is 3.73. The van der Waals surface area contributed by atoms with Gasteiger partial charge in [0.1, 0.15) is 0 Å². The summed E-state index contributed by atoms with van der Waals surface area (Å²) in [7, 11) is 0.638. The van der Waals surface area contributed by atoms with Crippen molar-refractivity contribution in [1.82, 2.24) is 0 Å². The maximum absolute atomic E-state index is 9.80. The Bertz CT molecular complexity index is 714. The second-order valence-corrected chi connectivity index (χ2v) is 7.51. The minimum Gasteiger partial charge on any atom is -0.393 e. The zero-order valence-corrected chi connectivity index (χ0v) is 14.9. The summed E-state index contributed by atoms with van der Waals surface area (Å²) in [5.74, 6) is 0. The lowest BCUT2D eigenvalue weighted by Gasteiger charge is -2.19. The molecule has 0 fully saturated rings. The largest absolute Gasteiger partial charge is 0.393 e. The first kappa shape index (κ1) is 16.7. The highest BCUT2D eigenvalue weighted by atomic mass is 28.2. The van der Waals surface area contributed by atoms with Crippen molar-refractivity contribution in [2.75, 3.05) is 0 Å². The van der Waals surface area contributed by atoms with Crippen LogP contribution in [0.15, 0.2) is 84.9 Å². The first-order chi connectivity index (χ1) is 11.7. The SMILES string of the molecule is CC(O)Cc1ccccc1[Si]C(c1ccccc1)c1ccccc1. The number of aliphatic hydroxyl groups excluding tert-OH is 1. The quantitative estimate of drug-likeness (QED) is 0.683. The lowest BCUT2D eigenvalue weighted by Crippen LogP contribution is -2.27. The molecular formula is C22H22OSi. The fraction of sp³-hybridized carbons (Fsp3) is 0.182. The lowest BCUT2D eigenvalue weighted by molar-refractivity contribution is 0.196. The minimum absolute atomic E-state index is 0.317. The molecule has 24 heavy (non-hydrogen) atoms. The number of hydrogen-bond acceptors (Lipinski definition) is 1. The Kier molecular flexibility index (Phi) is 5.62. The third kappa shape index (κ3) is 4.22. The highest BCUT2D eigenvalue weighted by Crippen LogP contribution is 2.23. The monoisotopic (exact) mass is 330 g/mol. The predicted molar refractivity (Wildman–Crippen MR) is 102 cm³/mol. The smallest absolute Gasteiger partial charge is 0.0952 e. The Labute approximate surface area is 146 Å². The lowest BCUT2D eigenvalue weighted by atomic mass is 10.0. The van der Waals surface area contributed by atoms with Crippen LogP contribution in [-0.4, -0.2) is 20.7 Å². The third-order valence-electron chi connectivity index (χ3n) is 4.10. The van der Waals surface area contributed by atoms with Crippen molar-refractivity contribution in [3.05, 3.63) is 102 Å². The fourth-order valence-corrected chi connectivity index (χ4v) is 4.56. The number of benzene rings is 3. The maximum Gasteiger partial charge on any atom is 0.0952 e. The van der Waals surface area contributed by atoms with E-state index in [1.165, 1.54) is 21.9 Å². The second kappa shape index (κ2) is 8.09. The molecule has 1 atom stereocenters. The Morgan fingerprint density at radius 1 is 0.750 bits per heavy atom. The fourth-order valence-electron chi connectivity index (χ4n) is 2.96. The molecule has 0 aromatic heterocycles. The van der Waals surface area contributed by atoms with Crippen LogP contribution in [0.2, 0.25) is 0 Å². The van der Waals surface area contributed by atoms with Crippen LogP contribution in [0.25, 0.3) is 0 Å². The van der Waals surface area contributed by atoms with Crippen LogP contribution in [0.5, 0.6) is 0 Å². The first-order valence-electron chi connectivity index (χ1n) is 8.36. The molecule has 3 aromatic carbocycles. The molecule has 0 aliphatic heterocycles. The highest BCUT2D eigenvalue weighted by molar-refractivity contribution is 6.56. The van der Waals surface area contributed by atoms with Crippen LogP contribution in [0.4, 0.5) is 0 Å². The molecule has 0 heterocycles. The zero-order valence-electron chi connectivity index (χ0n) is 13.9. The maximum atomic E-state index is 9.80. The molecule has 0 saturated heterocycles. The van der Waals surface area contributed by atoms with Crippen LogP contribution in [0.3, 0.4) is 0 Å². The molecular weight excluding hydrogens is 308 g/mol. The normalized spacial score (nSPS) is 12.3. The Balaban J connectivity index is 1.97. The van der Waals surface area contributed by atoms with Gasteiger partial charge in [0.25, 0.3) is 0 Å². The van der Waals surface area contributed by atoms with Gasteiger partial charge in [0.05, 0.1) is 15.6 Å². The van der Waals surface area contributed by atoms with Gasteiger partial charge in [-0.25, -0.2) is 0 Å². The van der Waals surface area contributed by atoms with Crippen LogP contribution < -0.4 is 5.19 Å². The number of rotatable bonds is 6. The summed E-state index contributed by atoms with van der Waals surface area (Å²) in [6.45, 7) is 1.85. The van der Waals surface area contributed by atoms with Crippen LogP contribution in [-0.2, 0) is 6.42 Å². The molecule has 1 N–H and O–H groups in total. The van der Waals surface area contributed by atoms with E-state index < -0.39 is 0 Å². The van der Waals surface area contributed by atoms with E-state index in [0.29, 0.717) is 21.5 Å². The molecule has 0 aliphatic carbocycles. The number of aliphatic hydroxyl groups is 1. The van der Waals surface area contributed by atoms with Crippen LogP contribution in [0, 0.1) is 0 Å². The van der Waals surface area contributed by atoms with Gasteiger partial charge in [-0.2, -0.15) is 0 Å². The highest BCUT2D eigenvalue weighted by Gasteiger charge is 2.17. The van der Waals surface area contributed by atoms with E-state index in [1.54, 1.807) is 0 Å². The van der Waals surface area contributed by atoms with Gasteiger partial charge in [-0.1, -0.05) is 90.1 Å². The van der Waals surface area contributed by atoms with Crippen molar-refractivity contribution in [3.63, 3.8) is 0 Å². The van der Waals surface area contributed by atoms with Crippen molar-refractivity contribution in [1.29, 1.82) is 0 Å². The zero-order chi connectivity index (χ0) is 16.8. The van der Waals surface area contributed by atoms with Gasteiger partial charge in [-0.3, -0.25) is 0 Å². The molecule has 0 aliphatic rings. The van der Waals surface area contributed by atoms with Crippen molar-refractivity contribution >= 4 is 14.7 Å².